The van der Waals surface area contributed by atoms with Gasteiger partial charge in [0.1, 0.15) is 5.75 Å². The van der Waals surface area contributed by atoms with Gasteiger partial charge >= 0.3 is 0 Å². The molecule has 0 aliphatic rings. The number of ether oxygens (including phenoxy) is 1. The molecule has 0 radical (unpaired) electrons. The van der Waals surface area contributed by atoms with Crippen LogP contribution in [0, 0.1) is 0 Å². The molecule has 0 aromatic heterocycles. The van der Waals surface area contributed by atoms with Crippen LogP contribution < -0.4 is 10.5 Å². The zero-order chi connectivity index (χ0) is 9.52. The van der Waals surface area contributed by atoms with Crippen LogP contribution in [0.25, 0.3) is 0 Å². The Kier molecular flexibility index (Phi) is 3.03. The van der Waals surface area contributed by atoms with Crippen molar-refractivity contribution in [1.29, 1.82) is 0 Å². The van der Waals surface area contributed by atoms with E-state index in [-0.39, 0.29) is 7.09 Å². The first-order chi connectivity index (χ1) is 6.36. The van der Waals surface area contributed by atoms with Crippen molar-refractivity contribution in [3.05, 3.63) is 29.8 Å². The molecular weight excluding hydrogens is 150 g/mol. The maximum absolute atomic E-state index is 6.87. The molecule has 0 amide bonds. The standard InChI is InChI=1S/C10H15NO/c1-12-10-6-4-9(5-7-10)3-2-8-11/h4-7H,2-3,8,11H2,1H3/i1D. The van der Waals surface area contributed by atoms with Crippen LogP contribution in [0.2, 0.25) is 0 Å². The third kappa shape index (κ3) is 2.55. The van der Waals surface area contributed by atoms with Crippen LogP contribution in [0.5, 0.6) is 5.75 Å². The van der Waals surface area contributed by atoms with E-state index in [1.807, 2.05) is 24.3 Å². The lowest BCUT2D eigenvalue weighted by molar-refractivity contribution is 0.414. The van der Waals surface area contributed by atoms with Gasteiger partial charge in [0.25, 0.3) is 0 Å². The summed E-state index contributed by atoms with van der Waals surface area (Å²) in [5.74, 6) is 0.756. The first-order valence-corrected chi connectivity index (χ1v) is 4.08. The highest BCUT2D eigenvalue weighted by Crippen LogP contribution is 2.11. The van der Waals surface area contributed by atoms with Crippen LogP contribution >= 0.6 is 0 Å². The Labute approximate surface area is 74.7 Å². The van der Waals surface area contributed by atoms with Gasteiger partial charge in [0, 0.05) is 0 Å². The monoisotopic (exact) mass is 166 g/mol. The fraction of sp³-hybridized carbons (Fsp3) is 0.400. The largest absolute Gasteiger partial charge is 0.497 e. The Hall–Kier alpha value is -1.02. The molecule has 0 aliphatic heterocycles. The summed E-state index contributed by atoms with van der Waals surface area (Å²) in [5, 5.41) is 0. The van der Waals surface area contributed by atoms with Gasteiger partial charge in [-0.1, -0.05) is 12.1 Å². The summed E-state index contributed by atoms with van der Waals surface area (Å²) < 4.78 is 11.9. The Morgan fingerprint density at radius 3 is 2.75 bits per heavy atom. The number of benzene rings is 1. The van der Waals surface area contributed by atoms with Crippen LogP contribution in [-0.2, 0) is 6.42 Å². The van der Waals surface area contributed by atoms with Crippen LogP contribution in [-0.4, -0.2) is 13.6 Å². The Bertz CT molecular complexity index is 235. The van der Waals surface area contributed by atoms with E-state index in [9.17, 15) is 0 Å². The summed E-state index contributed by atoms with van der Waals surface area (Å²) in [6, 6.07) is 7.81. The maximum Gasteiger partial charge on any atom is 0.118 e. The van der Waals surface area contributed by atoms with Gasteiger partial charge in [-0.05, 0) is 37.1 Å². The molecular formula is C10H15NO. The molecule has 1 aromatic carbocycles. The van der Waals surface area contributed by atoms with Crippen LogP contribution in [0.15, 0.2) is 24.3 Å². The maximum atomic E-state index is 6.87. The van der Waals surface area contributed by atoms with E-state index in [0.717, 1.165) is 25.1 Å². The van der Waals surface area contributed by atoms with Crippen molar-refractivity contribution in [3.8, 4) is 5.75 Å². The predicted octanol–water partition coefficient (Wildman–Crippen LogP) is 1.59. The van der Waals surface area contributed by atoms with Gasteiger partial charge < -0.3 is 10.5 Å². The summed E-state index contributed by atoms with van der Waals surface area (Å²) in [6.07, 6.45) is 2.02. The number of nitrogens with two attached hydrogens (primary N) is 1. The SMILES string of the molecule is [2H]COc1ccc(CCCN)cc1. The van der Waals surface area contributed by atoms with Crippen LogP contribution in [0.3, 0.4) is 0 Å². The van der Waals surface area contributed by atoms with E-state index in [4.69, 9.17) is 11.8 Å². The quantitative estimate of drug-likeness (QED) is 0.737. The lowest BCUT2D eigenvalue weighted by Crippen LogP contribution is -2.00. The first-order valence-electron chi connectivity index (χ1n) is 4.78. The van der Waals surface area contributed by atoms with E-state index in [1.165, 1.54) is 5.56 Å². The highest BCUT2D eigenvalue weighted by atomic mass is 16.5. The molecule has 0 saturated carbocycles. The fourth-order valence-corrected chi connectivity index (χ4v) is 1.06. The van der Waals surface area contributed by atoms with E-state index in [0.29, 0.717) is 0 Å². The zero-order valence-corrected chi connectivity index (χ0v) is 7.12. The van der Waals surface area contributed by atoms with Crippen molar-refractivity contribution in [2.24, 2.45) is 5.73 Å². The molecule has 1 rings (SSSR count). The smallest absolute Gasteiger partial charge is 0.118 e. The lowest BCUT2D eigenvalue weighted by atomic mass is 10.1. The average molecular weight is 166 g/mol. The number of aryl methyl sites for hydroxylation is 1. The summed E-state index contributed by atoms with van der Waals surface area (Å²) in [7, 11) is -0.0256. The second-order valence-electron chi connectivity index (χ2n) is 2.68. The van der Waals surface area contributed by atoms with Gasteiger partial charge in [-0.15, -0.1) is 0 Å². The number of methoxy groups -OCH3 is 1. The van der Waals surface area contributed by atoms with Gasteiger partial charge in [-0.3, -0.25) is 0 Å². The molecule has 0 aliphatic carbocycles. The fourth-order valence-electron chi connectivity index (χ4n) is 1.06. The van der Waals surface area contributed by atoms with Crippen LogP contribution in [0.1, 0.15) is 13.4 Å². The predicted molar refractivity (Wildman–Crippen MR) is 50.4 cm³/mol. The molecule has 1 aromatic rings. The Balaban J connectivity index is 2.48. The van der Waals surface area contributed by atoms with Gasteiger partial charge in [0.2, 0.25) is 0 Å². The topological polar surface area (TPSA) is 35.2 Å². The van der Waals surface area contributed by atoms with Gasteiger partial charge in [-0.25, -0.2) is 0 Å². The third-order valence-electron chi connectivity index (χ3n) is 1.76. The third-order valence-corrected chi connectivity index (χ3v) is 1.76. The Morgan fingerprint density at radius 1 is 1.42 bits per heavy atom. The number of hydrogen-bond donors (Lipinski definition) is 1. The number of hydrogen-bond acceptors (Lipinski definition) is 2. The van der Waals surface area contributed by atoms with Crippen molar-refractivity contribution < 1.29 is 6.11 Å². The van der Waals surface area contributed by atoms with Crippen molar-refractivity contribution in [3.63, 3.8) is 0 Å². The van der Waals surface area contributed by atoms with Gasteiger partial charge in [0.15, 0.2) is 0 Å². The van der Waals surface area contributed by atoms with E-state index in [1.54, 1.807) is 0 Å². The van der Waals surface area contributed by atoms with E-state index < -0.39 is 0 Å². The molecule has 0 unspecified atom stereocenters. The molecule has 2 heteroatoms. The second-order valence-corrected chi connectivity index (χ2v) is 2.68. The van der Waals surface area contributed by atoms with Crippen molar-refractivity contribution >= 4 is 0 Å². The summed E-state index contributed by atoms with van der Waals surface area (Å²) in [6.45, 7) is 0.727. The molecule has 0 heterocycles. The lowest BCUT2D eigenvalue weighted by Gasteiger charge is -2.01. The highest BCUT2D eigenvalue weighted by Gasteiger charge is 1.92. The summed E-state index contributed by atoms with van der Waals surface area (Å²) >= 11 is 0. The zero-order valence-electron chi connectivity index (χ0n) is 8.12. The minimum Gasteiger partial charge on any atom is -0.497 e. The molecule has 0 atom stereocenters. The van der Waals surface area contributed by atoms with E-state index in [2.05, 4.69) is 0 Å². The first kappa shape index (κ1) is 7.62. The molecule has 2 N–H and O–H groups in total. The normalized spacial score (nSPS) is 10.9. The minimum absolute atomic E-state index is 0.0256. The molecule has 0 bridgehead atoms. The Morgan fingerprint density at radius 2 is 2.17 bits per heavy atom. The van der Waals surface area contributed by atoms with Crippen LogP contribution in [0.4, 0.5) is 0 Å². The molecule has 0 spiro atoms. The van der Waals surface area contributed by atoms with Crippen molar-refractivity contribution in [1.82, 2.24) is 0 Å². The molecule has 2 nitrogen and oxygen atoms in total. The molecule has 66 valence electrons. The molecule has 12 heavy (non-hydrogen) atoms. The molecule has 0 saturated heterocycles. The summed E-state index contributed by atoms with van der Waals surface area (Å²) in [5.41, 5.74) is 6.67. The summed E-state index contributed by atoms with van der Waals surface area (Å²) in [4.78, 5) is 0. The number of rotatable bonds is 4. The van der Waals surface area contributed by atoms with Crippen molar-refractivity contribution in [2.45, 2.75) is 12.8 Å². The second kappa shape index (κ2) is 4.78. The van der Waals surface area contributed by atoms with E-state index >= 15 is 0 Å². The van der Waals surface area contributed by atoms with Gasteiger partial charge in [-0.2, -0.15) is 0 Å². The van der Waals surface area contributed by atoms with Gasteiger partial charge in [0.05, 0.1) is 8.46 Å². The highest BCUT2D eigenvalue weighted by molar-refractivity contribution is 5.27. The van der Waals surface area contributed by atoms with Crippen molar-refractivity contribution in [2.75, 3.05) is 13.6 Å². The average Bonchev–Trinajstić information content (AvgIpc) is 2.17. The minimum atomic E-state index is -0.0256. The molecule has 0 fully saturated rings.